The van der Waals surface area contributed by atoms with Gasteiger partial charge in [0, 0.05) is 29.0 Å². The Kier molecular flexibility index (Phi) is 9.51. The third kappa shape index (κ3) is 7.10. The van der Waals surface area contributed by atoms with Gasteiger partial charge in [0.2, 0.25) is 0 Å². The van der Waals surface area contributed by atoms with Gasteiger partial charge in [-0.15, -0.1) is 24.3 Å². The van der Waals surface area contributed by atoms with E-state index >= 15 is 0 Å². The number of halogens is 4. The third-order valence-electron chi connectivity index (χ3n) is 7.06. The molecule has 5 aromatic rings. The van der Waals surface area contributed by atoms with Crippen molar-refractivity contribution in [1.29, 1.82) is 0 Å². The molecule has 0 atom stereocenters. The molecule has 0 spiro atoms. The van der Waals surface area contributed by atoms with Crippen LogP contribution in [0.25, 0.3) is 22.5 Å². The van der Waals surface area contributed by atoms with Crippen molar-refractivity contribution in [3.05, 3.63) is 125 Å². The van der Waals surface area contributed by atoms with Crippen LogP contribution in [0, 0.1) is 35.4 Å². The molecule has 8 heteroatoms. The summed E-state index contributed by atoms with van der Waals surface area (Å²) in [5, 5.41) is 0. The first-order chi connectivity index (χ1) is 20.2. The van der Waals surface area contributed by atoms with Gasteiger partial charge < -0.3 is 0 Å². The van der Waals surface area contributed by atoms with Gasteiger partial charge in [0.25, 0.3) is 0 Å². The molecule has 2 aromatic heterocycles. The van der Waals surface area contributed by atoms with Gasteiger partial charge in [0.1, 0.15) is 11.6 Å². The van der Waals surface area contributed by atoms with Gasteiger partial charge in [-0.2, -0.15) is 0 Å². The van der Waals surface area contributed by atoms with E-state index in [0.717, 1.165) is 41.1 Å². The molecule has 2 heterocycles. The standard InChI is InChI=1S/C36H31F4N3.Pt/c1-35(2,3)22-17-23(36(4,5)6)19-26(18-22)43(33-11-7-9-31(41-33)27-15-13-24(37)20-29(27)39)34-12-8-10-32(42-34)28-16-14-25(38)21-30(28)40;/h7-14,17-21H,1-6H3;/q-2;+2. The molecule has 3 nitrogen and oxygen atoms in total. The van der Waals surface area contributed by atoms with Crippen LogP contribution in [-0.4, -0.2) is 9.97 Å². The Bertz CT molecular complexity index is 1680. The van der Waals surface area contributed by atoms with Crippen molar-refractivity contribution in [2.24, 2.45) is 0 Å². The first kappa shape index (κ1) is 33.1. The quantitative estimate of drug-likeness (QED) is 0.132. The molecule has 0 bridgehead atoms. The van der Waals surface area contributed by atoms with E-state index in [1.165, 1.54) is 0 Å². The van der Waals surface area contributed by atoms with E-state index < -0.39 is 23.3 Å². The zero-order valence-corrected chi connectivity index (χ0v) is 27.4. The summed E-state index contributed by atoms with van der Waals surface area (Å²) in [6, 6.07) is 25.5. The van der Waals surface area contributed by atoms with Crippen molar-refractivity contribution in [2.45, 2.75) is 52.4 Å². The Morgan fingerprint density at radius 2 is 1.00 bits per heavy atom. The normalized spacial score (nSPS) is 11.7. The van der Waals surface area contributed by atoms with Gasteiger partial charge in [0.05, 0.1) is 0 Å². The van der Waals surface area contributed by atoms with Crippen LogP contribution in [0.2, 0.25) is 0 Å². The Hall–Kier alpha value is -3.83. The van der Waals surface area contributed by atoms with E-state index in [1.54, 1.807) is 41.3 Å². The second-order valence-corrected chi connectivity index (χ2v) is 12.4. The van der Waals surface area contributed by atoms with Crippen LogP contribution in [0.4, 0.5) is 34.9 Å². The zero-order chi connectivity index (χ0) is 31.1. The smallest absolute Gasteiger partial charge is 0.280 e. The van der Waals surface area contributed by atoms with Crippen molar-refractivity contribution in [3.63, 3.8) is 0 Å². The molecule has 0 saturated carbocycles. The summed E-state index contributed by atoms with van der Waals surface area (Å²) < 4.78 is 56.9. The molecule has 44 heavy (non-hydrogen) atoms. The number of hydrogen-bond donors (Lipinski definition) is 0. The number of anilines is 3. The summed E-state index contributed by atoms with van der Waals surface area (Å²) in [6.45, 7) is 12.8. The van der Waals surface area contributed by atoms with E-state index in [9.17, 15) is 17.6 Å². The maximum absolute atomic E-state index is 14.8. The number of benzene rings is 3. The number of hydrogen-bond acceptors (Lipinski definition) is 3. The molecule has 0 aliphatic rings. The molecule has 0 aliphatic carbocycles. The van der Waals surface area contributed by atoms with Crippen molar-refractivity contribution in [2.75, 3.05) is 4.90 Å². The molecule has 0 saturated heterocycles. The molecule has 0 aliphatic heterocycles. The van der Waals surface area contributed by atoms with Gasteiger partial charge in [0.15, 0.2) is 0 Å². The fourth-order valence-electron chi connectivity index (χ4n) is 4.64. The minimum atomic E-state index is -0.789. The molecule has 0 amide bonds. The SMILES string of the molecule is CC(C)(C)c1cc(N(c2cccc(-c3[c-]cc(F)cc3F)n2)c2cccc(-c3[c-]cc(F)cc3F)n2)cc(C(C)(C)C)c1.[Pt+2]. The van der Waals surface area contributed by atoms with Crippen LogP contribution < -0.4 is 4.90 Å². The van der Waals surface area contributed by atoms with Gasteiger partial charge in [-0.1, -0.05) is 95.1 Å². The molecular formula is C36H31F4N3Pt. The fraction of sp³-hybridized carbons (Fsp3) is 0.222. The minimum absolute atomic E-state index is 0. The predicted molar refractivity (Wildman–Crippen MR) is 162 cm³/mol. The van der Waals surface area contributed by atoms with Gasteiger partial charge >= 0.3 is 21.1 Å². The van der Waals surface area contributed by atoms with E-state index in [4.69, 9.17) is 9.97 Å². The molecule has 5 rings (SSSR count). The van der Waals surface area contributed by atoms with Crippen LogP contribution >= 0.6 is 0 Å². The van der Waals surface area contributed by atoms with Crippen LogP contribution in [0.5, 0.6) is 0 Å². The predicted octanol–water partition coefficient (Wildman–Crippen LogP) is 10.0. The summed E-state index contributed by atoms with van der Waals surface area (Å²) in [5.41, 5.74) is 3.01. The topological polar surface area (TPSA) is 29.0 Å². The maximum atomic E-state index is 14.8. The molecule has 228 valence electrons. The largest absolute Gasteiger partial charge is 2.00 e. The first-order valence-corrected chi connectivity index (χ1v) is 13.9. The molecule has 0 fully saturated rings. The average molecular weight is 777 g/mol. The number of pyridine rings is 2. The number of nitrogens with zero attached hydrogens (tertiary/aromatic N) is 3. The summed E-state index contributed by atoms with van der Waals surface area (Å²) in [5.74, 6) is -2.26. The van der Waals surface area contributed by atoms with E-state index in [1.807, 2.05) is 12.1 Å². The fourth-order valence-corrected chi connectivity index (χ4v) is 4.64. The van der Waals surface area contributed by atoms with Gasteiger partial charge in [-0.05, 0) is 57.6 Å². The van der Waals surface area contributed by atoms with E-state index in [-0.39, 0.29) is 54.4 Å². The monoisotopic (exact) mass is 776 g/mol. The first-order valence-electron chi connectivity index (χ1n) is 13.9. The maximum Gasteiger partial charge on any atom is 2.00 e. The number of aromatic nitrogens is 2. The van der Waals surface area contributed by atoms with Crippen LogP contribution in [-0.2, 0) is 31.9 Å². The summed E-state index contributed by atoms with van der Waals surface area (Å²) >= 11 is 0. The van der Waals surface area contributed by atoms with Crippen LogP contribution in [0.1, 0.15) is 52.7 Å². The van der Waals surface area contributed by atoms with Crippen molar-refractivity contribution < 1.29 is 38.6 Å². The van der Waals surface area contributed by atoms with Gasteiger partial charge in [-0.3, -0.25) is 32.4 Å². The molecular weight excluding hydrogens is 745 g/mol. The average Bonchev–Trinajstić information content (AvgIpc) is 2.92. The molecule has 0 N–H and O–H groups in total. The van der Waals surface area contributed by atoms with Crippen LogP contribution in [0.3, 0.4) is 0 Å². The molecule has 3 aromatic carbocycles. The summed E-state index contributed by atoms with van der Waals surface area (Å²) in [4.78, 5) is 11.3. The van der Waals surface area contributed by atoms with E-state index in [0.29, 0.717) is 11.6 Å². The van der Waals surface area contributed by atoms with Crippen molar-refractivity contribution >= 4 is 17.3 Å². The minimum Gasteiger partial charge on any atom is -0.280 e. The van der Waals surface area contributed by atoms with E-state index in [2.05, 4.69) is 59.7 Å². The Morgan fingerprint density at radius 3 is 1.36 bits per heavy atom. The second kappa shape index (κ2) is 12.6. The second-order valence-electron chi connectivity index (χ2n) is 12.4. The molecule has 0 radical (unpaired) electrons. The van der Waals surface area contributed by atoms with Crippen molar-refractivity contribution in [3.8, 4) is 22.5 Å². The van der Waals surface area contributed by atoms with Crippen LogP contribution in [0.15, 0.2) is 78.9 Å². The molecule has 0 unspecified atom stereocenters. The Morgan fingerprint density at radius 1 is 0.591 bits per heavy atom. The Labute approximate surface area is 270 Å². The summed E-state index contributed by atoms with van der Waals surface area (Å²) in [6.07, 6.45) is 0. The zero-order valence-electron chi connectivity index (χ0n) is 25.2. The number of rotatable bonds is 5. The van der Waals surface area contributed by atoms with Gasteiger partial charge in [-0.25, -0.2) is 0 Å². The summed E-state index contributed by atoms with van der Waals surface area (Å²) in [7, 11) is 0. The van der Waals surface area contributed by atoms with Crippen molar-refractivity contribution in [1.82, 2.24) is 9.97 Å². The Balaban J connectivity index is 0.00000442. The third-order valence-corrected chi connectivity index (χ3v) is 7.06.